The lowest BCUT2D eigenvalue weighted by molar-refractivity contribution is -0.145. The van der Waals surface area contributed by atoms with Gasteiger partial charge in [-0.2, -0.15) is 0 Å². The van der Waals surface area contributed by atoms with Crippen LogP contribution >= 0.6 is 0 Å². The average Bonchev–Trinajstić information content (AvgIpc) is 2.88. The molecule has 1 fully saturated rings. The number of nitrogens with zero attached hydrogens (tertiary/aromatic N) is 1. The highest BCUT2D eigenvalue weighted by Gasteiger charge is 2.24. The number of hydrogen-bond acceptors (Lipinski definition) is 4. The molecule has 19 heavy (non-hydrogen) atoms. The molecule has 1 aliphatic rings. The molecule has 0 spiro atoms. The van der Waals surface area contributed by atoms with Gasteiger partial charge in [-0.25, -0.2) is 0 Å². The molecule has 0 aliphatic carbocycles. The summed E-state index contributed by atoms with van der Waals surface area (Å²) in [5.41, 5.74) is 0. The number of furan rings is 1. The summed E-state index contributed by atoms with van der Waals surface area (Å²) in [5.74, 6) is -0.496. The van der Waals surface area contributed by atoms with Crippen LogP contribution in [-0.4, -0.2) is 47.7 Å². The van der Waals surface area contributed by atoms with Gasteiger partial charge in [-0.15, -0.1) is 0 Å². The van der Waals surface area contributed by atoms with Gasteiger partial charge in [0, 0.05) is 19.2 Å². The van der Waals surface area contributed by atoms with E-state index in [9.17, 15) is 9.59 Å². The zero-order valence-corrected chi connectivity index (χ0v) is 10.3. The summed E-state index contributed by atoms with van der Waals surface area (Å²) in [7, 11) is 0. The van der Waals surface area contributed by atoms with E-state index >= 15 is 0 Å². The number of morpholine rings is 1. The normalized spacial score (nSPS) is 19.8. The van der Waals surface area contributed by atoms with Crippen molar-refractivity contribution in [2.45, 2.75) is 12.5 Å². The molecule has 1 aliphatic heterocycles. The molecular weight excluding hydrogens is 250 g/mol. The van der Waals surface area contributed by atoms with Gasteiger partial charge in [-0.05, 0) is 18.2 Å². The third-order valence-electron chi connectivity index (χ3n) is 2.79. The Hall–Kier alpha value is -2.08. The molecule has 2 heterocycles. The lowest BCUT2D eigenvalue weighted by atomic mass is 10.2. The first-order chi connectivity index (χ1) is 9.15. The van der Waals surface area contributed by atoms with Gasteiger partial charge in [0.1, 0.15) is 5.76 Å². The summed E-state index contributed by atoms with van der Waals surface area (Å²) in [6.07, 6.45) is 4.01. The van der Waals surface area contributed by atoms with Gasteiger partial charge in [0.15, 0.2) is 0 Å². The fourth-order valence-electron chi connectivity index (χ4n) is 1.88. The summed E-state index contributed by atoms with van der Waals surface area (Å²) in [6, 6.07) is 3.48. The van der Waals surface area contributed by atoms with Crippen LogP contribution in [0.25, 0.3) is 6.08 Å². The molecule has 102 valence electrons. The largest absolute Gasteiger partial charge is 0.481 e. The first kappa shape index (κ1) is 13.4. The van der Waals surface area contributed by atoms with Crippen LogP contribution in [0.5, 0.6) is 0 Å². The minimum Gasteiger partial charge on any atom is -0.481 e. The highest BCUT2D eigenvalue weighted by Crippen LogP contribution is 2.10. The fourth-order valence-corrected chi connectivity index (χ4v) is 1.88. The summed E-state index contributed by atoms with van der Waals surface area (Å²) >= 11 is 0. The first-order valence-electron chi connectivity index (χ1n) is 5.99. The van der Waals surface area contributed by atoms with Gasteiger partial charge in [0.2, 0.25) is 5.91 Å². The van der Waals surface area contributed by atoms with Crippen molar-refractivity contribution in [1.82, 2.24) is 4.90 Å². The Bertz CT molecular complexity index is 465. The molecule has 2 rings (SSSR count). The Labute approximate surface area is 110 Å². The van der Waals surface area contributed by atoms with E-state index in [1.54, 1.807) is 23.1 Å². The van der Waals surface area contributed by atoms with Crippen molar-refractivity contribution in [2.24, 2.45) is 0 Å². The van der Waals surface area contributed by atoms with Crippen molar-refractivity contribution in [2.75, 3.05) is 19.7 Å². The van der Waals surface area contributed by atoms with Crippen LogP contribution in [0.2, 0.25) is 0 Å². The van der Waals surface area contributed by atoms with Crippen LogP contribution in [0.3, 0.4) is 0 Å². The number of amides is 1. The van der Waals surface area contributed by atoms with E-state index in [0.717, 1.165) is 0 Å². The Morgan fingerprint density at radius 3 is 3.05 bits per heavy atom. The number of carboxylic acid groups (broad SMARTS) is 1. The molecule has 1 aromatic rings. The minimum absolute atomic E-state index is 0.0916. The number of aliphatic carboxylic acids is 1. The molecular formula is C13H15NO5. The molecule has 6 nitrogen and oxygen atoms in total. The number of rotatable bonds is 4. The second-order valence-corrected chi connectivity index (χ2v) is 4.22. The topological polar surface area (TPSA) is 80.0 Å². The molecule has 0 aromatic carbocycles. The van der Waals surface area contributed by atoms with Gasteiger partial charge < -0.3 is 19.2 Å². The predicted octanol–water partition coefficient (Wildman–Crippen LogP) is 0.995. The summed E-state index contributed by atoms with van der Waals surface area (Å²) in [4.78, 5) is 24.1. The lowest BCUT2D eigenvalue weighted by Gasteiger charge is -2.31. The van der Waals surface area contributed by atoms with E-state index in [0.29, 0.717) is 25.5 Å². The number of carbonyl (C=O) groups excluding carboxylic acids is 1. The highest BCUT2D eigenvalue weighted by molar-refractivity contribution is 5.91. The Balaban J connectivity index is 1.90. The van der Waals surface area contributed by atoms with Crippen molar-refractivity contribution >= 4 is 18.0 Å². The van der Waals surface area contributed by atoms with E-state index in [4.69, 9.17) is 14.3 Å². The average molecular weight is 265 g/mol. The van der Waals surface area contributed by atoms with E-state index in [-0.39, 0.29) is 12.3 Å². The third kappa shape index (κ3) is 3.96. The number of hydrogen-bond donors (Lipinski definition) is 1. The Morgan fingerprint density at radius 1 is 1.53 bits per heavy atom. The molecule has 1 aromatic heterocycles. The number of ether oxygens (including phenoxy) is 1. The van der Waals surface area contributed by atoms with Gasteiger partial charge in [-0.3, -0.25) is 9.59 Å². The van der Waals surface area contributed by atoms with Crippen molar-refractivity contribution < 1.29 is 23.8 Å². The maximum atomic E-state index is 11.9. The van der Waals surface area contributed by atoms with Crippen LogP contribution in [-0.2, 0) is 14.3 Å². The molecule has 1 saturated heterocycles. The van der Waals surface area contributed by atoms with E-state index in [1.165, 1.54) is 12.3 Å². The molecule has 0 radical (unpaired) electrons. The van der Waals surface area contributed by atoms with Gasteiger partial charge >= 0.3 is 5.97 Å². The molecule has 0 bridgehead atoms. The van der Waals surface area contributed by atoms with E-state index in [1.807, 2.05) is 0 Å². The van der Waals surface area contributed by atoms with Crippen molar-refractivity contribution in [3.63, 3.8) is 0 Å². The fraction of sp³-hybridized carbons (Fsp3) is 0.385. The zero-order valence-electron chi connectivity index (χ0n) is 10.3. The van der Waals surface area contributed by atoms with Crippen LogP contribution in [0.15, 0.2) is 28.9 Å². The maximum Gasteiger partial charge on any atom is 0.306 e. The quantitative estimate of drug-likeness (QED) is 0.821. The first-order valence-corrected chi connectivity index (χ1v) is 5.99. The summed E-state index contributed by atoms with van der Waals surface area (Å²) < 4.78 is 10.4. The SMILES string of the molecule is O=C(O)C[C@@H]1CN(C(=O)/C=C/c2ccco2)CCO1. The molecule has 0 unspecified atom stereocenters. The number of carbonyl (C=O) groups is 2. The van der Waals surface area contributed by atoms with Crippen molar-refractivity contribution in [3.05, 3.63) is 30.2 Å². The monoisotopic (exact) mass is 265 g/mol. The predicted molar refractivity (Wildman–Crippen MR) is 66.3 cm³/mol. The van der Waals surface area contributed by atoms with Gasteiger partial charge in [-0.1, -0.05) is 0 Å². The second kappa shape index (κ2) is 6.19. The summed E-state index contributed by atoms with van der Waals surface area (Å²) in [5, 5.41) is 8.71. The highest BCUT2D eigenvalue weighted by atomic mass is 16.5. The van der Waals surface area contributed by atoms with Crippen molar-refractivity contribution in [3.8, 4) is 0 Å². The van der Waals surface area contributed by atoms with E-state index < -0.39 is 12.1 Å². The zero-order chi connectivity index (χ0) is 13.7. The van der Waals surface area contributed by atoms with Crippen LogP contribution < -0.4 is 0 Å². The summed E-state index contributed by atoms with van der Waals surface area (Å²) in [6.45, 7) is 1.13. The smallest absolute Gasteiger partial charge is 0.306 e. The molecule has 0 saturated carbocycles. The Morgan fingerprint density at radius 2 is 2.37 bits per heavy atom. The van der Waals surface area contributed by atoms with Crippen LogP contribution in [0.4, 0.5) is 0 Å². The van der Waals surface area contributed by atoms with Crippen LogP contribution in [0.1, 0.15) is 12.2 Å². The van der Waals surface area contributed by atoms with Crippen molar-refractivity contribution in [1.29, 1.82) is 0 Å². The third-order valence-corrected chi connectivity index (χ3v) is 2.79. The molecule has 1 amide bonds. The Kier molecular flexibility index (Phi) is 4.35. The second-order valence-electron chi connectivity index (χ2n) is 4.22. The van der Waals surface area contributed by atoms with Gasteiger partial charge in [0.25, 0.3) is 0 Å². The molecule has 6 heteroatoms. The standard InChI is InChI=1S/C13H15NO5/c15-12(4-3-10-2-1-6-18-10)14-5-7-19-11(9-14)8-13(16)17/h1-4,6,11H,5,7-9H2,(H,16,17)/b4-3+/t11-/m1/s1. The lowest BCUT2D eigenvalue weighted by Crippen LogP contribution is -2.45. The molecule has 1 N–H and O–H groups in total. The number of carboxylic acids is 1. The van der Waals surface area contributed by atoms with Crippen LogP contribution in [0, 0.1) is 0 Å². The van der Waals surface area contributed by atoms with E-state index in [2.05, 4.69) is 0 Å². The van der Waals surface area contributed by atoms with Gasteiger partial charge in [0.05, 0.1) is 25.4 Å². The minimum atomic E-state index is -0.926. The molecule has 1 atom stereocenters. The maximum absolute atomic E-state index is 11.9.